The summed E-state index contributed by atoms with van der Waals surface area (Å²) in [4.78, 5) is 0. The van der Waals surface area contributed by atoms with Gasteiger partial charge in [0.25, 0.3) is 0 Å². The van der Waals surface area contributed by atoms with Gasteiger partial charge in [-0.1, -0.05) is 17.7 Å². The third-order valence-corrected chi connectivity index (χ3v) is 3.25. The van der Waals surface area contributed by atoms with E-state index < -0.39 is 0 Å². The summed E-state index contributed by atoms with van der Waals surface area (Å²) in [5.41, 5.74) is 1.61. The Balaban J connectivity index is 1.84. The second-order valence-electron chi connectivity index (χ2n) is 4.18. The molecular weight excluding hydrogens is 236 g/mol. The zero-order valence-corrected chi connectivity index (χ0v) is 10.3. The van der Waals surface area contributed by atoms with Crippen molar-refractivity contribution < 1.29 is 4.74 Å². The summed E-state index contributed by atoms with van der Waals surface area (Å²) in [5.74, 6) is 0. The molecule has 0 radical (unpaired) electrons. The van der Waals surface area contributed by atoms with Crippen LogP contribution < -0.4 is 5.32 Å². The maximum Gasteiger partial charge on any atom is 0.0992 e. The van der Waals surface area contributed by atoms with Crippen molar-refractivity contribution in [3.63, 3.8) is 0 Å². The van der Waals surface area contributed by atoms with Crippen LogP contribution in [0.2, 0.25) is 5.02 Å². The van der Waals surface area contributed by atoms with E-state index >= 15 is 0 Å². The van der Waals surface area contributed by atoms with E-state index in [-0.39, 0.29) is 0 Å². The number of nitrogens with zero attached hydrogens (tertiary/aromatic N) is 1. The Morgan fingerprint density at radius 3 is 3.06 bits per heavy atom. The molecule has 1 heterocycles. The van der Waals surface area contributed by atoms with Gasteiger partial charge in [0.2, 0.25) is 0 Å². The fourth-order valence-electron chi connectivity index (χ4n) is 1.93. The van der Waals surface area contributed by atoms with E-state index in [1.807, 2.05) is 6.07 Å². The van der Waals surface area contributed by atoms with Gasteiger partial charge in [-0.2, -0.15) is 5.26 Å². The Morgan fingerprint density at radius 1 is 1.53 bits per heavy atom. The van der Waals surface area contributed by atoms with E-state index in [0.29, 0.717) is 23.2 Å². The van der Waals surface area contributed by atoms with E-state index in [2.05, 4.69) is 11.4 Å². The molecule has 1 aliphatic rings. The lowest BCUT2D eigenvalue weighted by Crippen LogP contribution is -2.25. The van der Waals surface area contributed by atoms with Crippen molar-refractivity contribution >= 4 is 11.6 Å². The number of nitriles is 1. The lowest BCUT2D eigenvalue weighted by Gasteiger charge is -2.11. The molecule has 4 heteroatoms. The van der Waals surface area contributed by atoms with E-state index in [0.717, 1.165) is 31.6 Å². The smallest absolute Gasteiger partial charge is 0.0992 e. The molecule has 3 nitrogen and oxygen atoms in total. The van der Waals surface area contributed by atoms with Gasteiger partial charge in [0.05, 0.1) is 17.7 Å². The summed E-state index contributed by atoms with van der Waals surface area (Å²) in [6.07, 6.45) is 2.63. The van der Waals surface area contributed by atoms with E-state index in [4.69, 9.17) is 21.6 Å². The first kappa shape index (κ1) is 12.4. The van der Waals surface area contributed by atoms with Gasteiger partial charge >= 0.3 is 0 Å². The first-order valence-electron chi connectivity index (χ1n) is 5.80. The largest absolute Gasteiger partial charge is 0.377 e. The molecule has 1 aromatic rings. The van der Waals surface area contributed by atoms with Crippen molar-refractivity contribution in [3.05, 3.63) is 34.3 Å². The van der Waals surface area contributed by atoms with Crippen LogP contribution in [0, 0.1) is 11.3 Å². The van der Waals surface area contributed by atoms with Crippen LogP contribution in [-0.4, -0.2) is 19.3 Å². The molecule has 1 fully saturated rings. The Bertz CT molecular complexity index is 422. The number of benzene rings is 1. The van der Waals surface area contributed by atoms with Gasteiger partial charge in [0, 0.05) is 24.7 Å². The van der Waals surface area contributed by atoms with Crippen molar-refractivity contribution in [2.75, 3.05) is 13.2 Å². The molecule has 0 aliphatic carbocycles. The van der Waals surface area contributed by atoms with Crippen LogP contribution in [0.5, 0.6) is 0 Å². The fourth-order valence-corrected chi connectivity index (χ4v) is 2.18. The van der Waals surface area contributed by atoms with Crippen LogP contribution in [-0.2, 0) is 11.3 Å². The summed E-state index contributed by atoms with van der Waals surface area (Å²) in [7, 11) is 0. The molecule has 1 aromatic carbocycles. The topological polar surface area (TPSA) is 45.0 Å². The average Bonchev–Trinajstić information content (AvgIpc) is 2.84. The Hall–Kier alpha value is -1.08. The molecule has 0 spiro atoms. The monoisotopic (exact) mass is 250 g/mol. The summed E-state index contributed by atoms with van der Waals surface area (Å²) in [6, 6.07) is 7.45. The molecule has 1 aliphatic heterocycles. The lowest BCUT2D eigenvalue weighted by atomic mass is 10.1. The zero-order valence-electron chi connectivity index (χ0n) is 9.58. The van der Waals surface area contributed by atoms with Crippen molar-refractivity contribution in [1.82, 2.24) is 5.32 Å². The SMILES string of the molecule is N#Cc1ccc(CNCC2CCCO2)c(Cl)c1. The molecule has 0 bridgehead atoms. The minimum absolute atomic E-state index is 0.340. The summed E-state index contributed by atoms with van der Waals surface area (Å²) in [5, 5.41) is 12.7. The second-order valence-corrected chi connectivity index (χ2v) is 4.59. The molecule has 1 saturated heterocycles. The van der Waals surface area contributed by atoms with Crippen LogP contribution in [0.25, 0.3) is 0 Å². The van der Waals surface area contributed by atoms with Crippen LogP contribution in [0.1, 0.15) is 24.0 Å². The molecule has 0 aromatic heterocycles. The molecule has 1 N–H and O–H groups in total. The Kier molecular flexibility index (Phi) is 4.38. The molecule has 2 rings (SSSR count). The first-order chi connectivity index (χ1) is 8.29. The Morgan fingerprint density at radius 2 is 2.41 bits per heavy atom. The van der Waals surface area contributed by atoms with Gasteiger partial charge in [-0.3, -0.25) is 0 Å². The van der Waals surface area contributed by atoms with Crippen LogP contribution in [0.15, 0.2) is 18.2 Å². The highest BCUT2D eigenvalue weighted by atomic mass is 35.5. The zero-order chi connectivity index (χ0) is 12.1. The highest BCUT2D eigenvalue weighted by Crippen LogP contribution is 2.17. The van der Waals surface area contributed by atoms with E-state index in [1.54, 1.807) is 12.1 Å². The molecule has 17 heavy (non-hydrogen) atoms. The average molecular weight is 251 g/mol. The van der Waals surface area contributed by atoms with Crippen molar-refractivity contribution in [2.24, 2.45) is 0 Å². The Labute approximate surface area is 106 Å². The van der Waals surface area contributed by atoms with Gasteiger partial charge in [-0.15, -0.1) is 0 Å². The van der Waals surface area contributed by atoms with Gasteiger partial charge in [0.15, 0.2) is 0 Å². The molecule has 0 amide bonds. The van der Waals surface area contributed by atoms with Gasteiger partial charge in [-0.25, -0.2) is 0 Å². The van der Waals surface area contributed by atoms with Gasteiger partial charge in [0.1, 0.15) is 0 Å². The molecule has 90 valence electrons. The summed E-state index contributed by atoms with van der Waals surface area (Å²) in [6.45, 7) is 2.45. The van der Waals surface area contributed by atoms with E-state index in [9.17, 15) is 0 Å². The highest BCUT2D eigenvalue weighted by Gasteiger charge is 2.14. The number of halogens is 1. The van der Waals surface area contributed by atoms with Crippen molar-refractivity contribution in [1.29, 1.82) is 5.26 Å². The van der Waals surface area contributed by atoms with Gasteiger partial charge in [-0.05, 0) is 30.5 Å². The number of nitrogens with one attached hydrogen (secondary N) is 1. The van der Waals surface area contributed by atoms with Crippen LogP contribution >= 0.6 is 11.6 Å². The van der Waals surface area contributed by atoms with Crippen LogP contribution in [0.3, 0.4) is 0 Å². The van der Waals surface area contributed by atoms with E-state index in [1.165, 1.54) is 0 Å². The number of rotatable bonds is 4. The summed E-state index contributed by atoms with van der Waals surface area (Å²) < 4.78 is 5.52. The highest BCUT2D eigenvalue weighted by molar-refractivity contribution is 6.31. The summed E-state index contributed by atoms with van der Waals surface area (Å²) >= 11 is 6.08. The minimum Gasteiger partial charge on any atom is -0.377 e. The molecule has 1 atom stereocenters. The maximum atomic E-state index is 8.73. The van der Waals surface area contributed by atoms with Crippen molar-refractivity contribution in [3.8, 4) is 6.07 Å². The number of hydrogen-bond acceptors (Lipinski definition) is 3. The third-order valence-electron chi connectivity index (χ3n) is 2.89. The first-order valence-corrected chi connectivity index (χ1v) is 6.18. The molecular formula is C13H15ClN2O. The standard InChI is InChI=1S/C13H15ClN2O/c14-13-6-10(7-15)3-4-11(13)8-16-9-12-2-1-5-17-12/h3-4,6,12,16H,1-2,5,8-9H2. The normalized spacial score (nSPS) is 19.2. The second kappa shape index (κ2) is 6.02. The van der Waals surface area contributed by atoms with Gasteiger partial charge < -0.3 is 10.1 Å². The minimum atomic E-state index is 0.340. The maximum absolute atomic E-state index is 8.73. The predicted octanol–water partition coefficient (Wildman–Crippen LogP) is 2.48. The fraction of sp³-hybridized carbons (Fsp3) is 0.462. The molecule has 0 saturated carbocycles. The third kappa shape index (κ3) is 3.44. The predicted molar refractivity (Wildman–Crippen MR) is 66.8 cm³/mol. The molecule has 1 unspecified atom stereocenters. The number of hydrogen-bond donors (Lipinski definition) is 1. The van der Waals surface area contributed by atoms with Crippen LogP contribution in [0.4, 0.5) is 0 Å². The quantitative estimate of drug-likeness (QED) is 0.893. The van der Waals surface area contributed by atoms with Crippen molar-refractivity contribution in [2.45, 2.75) is 25.5 Å². The lowest BCUT2D eigenvalue weighted by molar-refractivity contribution is 0.110. The number of ether oxygens (including phenoxy) is 1.